The summed E-state index contributed by atoms with van der Waals surface area (Å²) in [6.45, 7) is 4.29. The molecule has 0 amide bonds. The second-order valence-electron chi connectivity index (χ2n) is 5.65. The van der Waals surface area contributed by atoms with Crippen molar-refractivity contribution in [1.82, 2.24) is 9.97 Å². The second-order valence-corrected chi connectivity index (χ2v) is 5.65. The molecule has 0 aliphatic heterocycles. The van der Waals surface area contributed by atoms with Crippen LogP contribution in [0.2, 0.25) is 0 Å². The minimum Gasteiger partial charge on any atom is -0.367 e. The van der Waals surface area contributed by atoms with Crippen LogP contribution >= 0.6 is 0 Å². The molecule has 0 radical (unpaired) electrons. The van der Waals surface area contributed by atoms with Gasteiger partial charge in [-0.2, -0.15) is 0 Å². The van der Waals surface area contributed by atoms with E-state index < -0.39 is 0 Å². The van der Waals surface area contributed by atoms with E-state index in [1.54, 1.807) is 0 Å². The van der Waals surface area contributed by atoms with Crippen LogP contribution in [0.3, 0.4) is 0 Å². The molecule has 1 aromatic rings. The highest BCUT2D eigenvalue weighted by Gasteiger charge is 2.18. The van der Waals surface area contributed by atoms with Crippen LogP contribution in [0.25, 0.3) is 0 Å². The number of aryl methyl sites for hydroxylation is 1. The van der Waals surface area contributed by atoms with Crippen LogP contribution in [-0.4, -0.2) is 30.1 Å². The Kier molecular flexibility index (Phi) is 4.04. The van der Waals surface area contributed by atoms with Gasteiger partial charge in [0.05, 0.1) is 0 Å². The Morgan fingerprint density at radius 3 is 2.44 bits per heavy atom. The van der Waals surface area contributed by atoms with Crippen molar-refractivity contribution in [3.8, 4) is 0 Å². The molecule has 1 aromatic heterocycles. The first-order chi connectivity index (χ1) is 8.54. The number of anilines is 2. The van der Waals surface area contributed by atoms with E-state index in [9.17, 15) is 0 Å². The third-order valence-corrected chi connectivity index (χ3v) is 3.65. The standard InChI is InChI=1S/C14H24N4/c1-10-5-7-12(8-6-10)17-13-9-14(18(3)4)16-11(2)15-13/h9-10,12H,5-8H2,1-4H3,(H,15,16,17). The van der Waals surface area contributed by atoms with Crippen LogP contribution < -0.4 is 10.2 Å². The predicted octanol–water partition coefficient (Wildman–Crippen LogP) is 2.84. The van der Waals surface area contributed by atoms with E-state index in [-0.39, 0.29) is 0 Å². The van der Waals surface area contributed by atoms with Crippen LogP contribution in [0.4, 0.5) is 11.6 Å². The third kappa shape index (κ3) is 3.34. The third-order valence-electron chi connectivity index (χ3n) is 3.65. The molecule has 0 atom stereocenters. The Morgan fingerprint density at radius 2 is 1.83 bits per heavy atom. The molecule has 1 fully saturated rings. The maximum absolute atomic E-state index is 4.48. The molecule has 2 rings (SSSR count). The Balaban J connectivity index is 2.04. The van der Waals surface area contributed by atoms with Crippen LogP contribution in [0.15, 0.2) is 6.07 Å². The number of aromatic nitrogens is 2. The molecular formula is C14H24N4. The molecule has 0 aromatic carbocycles. The van der Waals surface area contributed by atoms with Crippen LogP contribution in [-0.2, 0) is 0 Å². The molecule has 1 aliphatic rings. The first-order valence-electron chi connectivity index (χ1n) is 6.84. The highest BCUT2D eigenvalue weighted by molar-refractivity contribution is 5.48. The summed E-state index contributed by atoms with van der Waals surface area (Å²) in [4.78, 5) is 10.9. The van der Waals surface area contributed by atoms with Crippen LogP contribution in [0.5, 0.6) is 0 Å². The Labute approximate surface area is 110 Å². The summed E-state index contributed by atoms with van der Waals surface area (Å²) in [5.74, 6) is 3.64. The van der Waals surface area contributed by atoms with Gasteiger partial charge in [-0.1, -0.05) is 6.92 Å². The fourth-order valence-corrected chi connectivity index (χ4v) is 2.47. The molecule has 1 saturated carbocycles. The monoisotopic (exact) mass is 248 g/mol. The van der Waals surface area contributed by atoms with Crippen molar-refractivity contribution in [2.24, 2.45) is 5.92 Å². The molecule has 0 saturated heterocycles. The van der Waals surface area contributed by atoms with Crippen molar-refractivity contribution < 1.29 is 0 Å². The van der Waals surface area contributed by atoms with Gasteiger partial charge in [0, 0.05) is 26.2 Å². The molecule has 18 heavy (non-hydrogen) atoms. The zero-order valence-electron chi connectivity index (χ0n) is 11.9. The van der Waals surface area contributed by atoms with Crippen molar-refractivity contribution >= 4 is 11.6 Å². The van der Waals surface area contributed by atoms with Crippen molar-refractivity contribution in [2.45, 2.75) is 45.6 Å². The second kappa shape index (κ2) is 5.55. The Morgan fingerprint density at radius 1 is 1.17 bits per heavy atom. The topological polar surface area (TPSA) is 41.1 Å². The molecule has 0 unspecified atom stereocenters. The summed E-state index contributed by atoms with van der Waals surface area (Å²) in [5.41, 5.74) is 0. The average molecular weight is 248 g/mol. The van der Waals surface area contributed by atoms with Gasteiger partial charge in [0.25, 0.3) is 0 Å². The number of rotatable bonds is 3. The van der Waals surface area contributed by atoms with Crippen LogP contribution in [0.1, 0.15) is 38.4 Å². The summed E-state index contributed by atoms with van der Waals surface area (Å²) in [7, 11) is 4.02. The first kappa shape index (κ1) is 13.1. The zero-order chi connectivity index (χ0) is 13.1. The fraction of sp³-hybridized carbons (Fsp3) is 0.714. The van der Waals surface area contributed by atoms with E-state index >= 15 is 0 Å². The largest absolute Gasteiger partial charge is 0.367 e. The summed E-state index contributed by atoms with van der Waals surface area (Å²) < 4.78 is 0. The van der Waals surface area contributed by atoms with Gasteiger partial charge in [0.1, 0.15) is 17.5 Å². The number of hydrogen-bond acceptors (Lipinski definition) is 4. The minimum absolute atomic E-state index is 0.575. The first-order valence-corrected chi connectivity index (χ1v) is 6.84. The molecule has 100 valence electrons. The number of nitrogens with zero attached hydrogens (tertiary/aromatic N) is 3. The van der Waals surface area contributed by atoms with Crippen molar-refractivity contribution in [2.75, 3.05) is 24.3 Å². The van der Waals surface area contributed by atoms with Gasteiger partial charge in [-0.15, -0.1) is 0 Å². The van der Waals surface area contributed by atoms with E-state index in [0.717, 1.165) is 23.4 Å². The van der Waals surface area contributed by atoms with E-state index in [4.69, 9.17) is 0 Å². The number of hydrogen-bond donors (Lipinski definition) is 1. The van der Waals surface area contributed by atoms with Crippen LogP contribution in [0, 0.1) is 12.8 Å². The van der Waals surface area contributed by atoms with Gasteiger partial charge in [0.2, 0.25) is 0 Å². The molecule has 4 heteroatoms. The summed E-state index contributed by atoms with van der Waals surface area (Å²) in [6, 6.07) is 2.61. The zero-order valence-corrected chi connectivity index (χ0v) is 11.9. The molecule has 0 spiro atoms. The molecule has 1 aliphatic carbocycles. The highest BCUT2D eigenvalue weighted by Crippen LogP contribution is 2.26. The van der Waals surface area contributed by atoms with Gasteiger partial charge in [-0.3, -0.25) is 0 Å². The molecule has 0 bridgehead atoms. The number of nitrogens with one attached hydrogen (secondary N) is 1. The lowest BCUT2D eigenvalue weighted by atomic mass is 9.87. The quantitative estimate of drug-likeness (QED) is 0.893. The lowest BCUT2D eigenvalue weighted by Gasteiger charge is -2.27. The smallest absolute Gasteiger partial charge is 0.133 e. The summed E-state index contributed by atoms with van der Waals surface area (Å²) in [6.07, 6.45) is 5.15. The van der Waals surface area contributed by atoms with Crippen molar-refractivity contribution in [3.63, 3.8) is 0 Å². The van der Waals surface area contributed by atoms with Gasteiger partial charge < -0.3 is 10.2 Å². The lowest BCUT2D eigenvalue weighted by molar-refractivity contribution is 0.361. The Hall–Kier alpha value is -1.32. The van der Waals surface area contributed by atoms with E-state index in [2.05, 4.69) is 22.2 Å². The molecule has 1 N–H and O–H groups in total. The lowest BCUT2D eigenvalue weighted by Crippen LogP contribution is -2.26. The van der Waals surface area contributed by atoms with E-state index in [0.29, 0.717) is 6.04 Å². The maximum atomic E-state index is 4.48. The average Bonchev–Trinajstić information content (AvgIpc) is 2.31. The van der Waals surface area contributed by atoms with E-state index in [1.807, 2.05) is 32.0 Å². The fourth-order valence-electron chi connectivity index (χ4n) is 2.47. The maximum Gasteiger partial charge on any atom is 0.133 e. The van der Waals surface area contributed by atoms with Gasteiger partial charge in [-0.25, -0.2) is 9.97 Å². The molecule has 4 nitrogen and oxygen atoms in total. The molecule has 1 heterocycles. The normalized spacial score (nSPS) is 23.8. The van der Waals surface area contributed by atoms with E-state index in [1.165, 1.54) is 25.7 Å². The van der Waals surface area contributed by atoms with Gasteiger partial charge >= 0.3 is 0 Å². The highest BCUT2D eigenvalue weighted by atomic mass is 15.2. The summed E-state index contributed by atoms with van der Waals surface area (Å²) in [5, 5.41) is 3.56. The minimum atomic E-state index is 0.575. The molecular weight excluding hydrogens is 224 g/mol. The summed E-state index contributed by atoms with van der Waals surface area (Å²) >= 11 is 0. The van der Waals surface area contributed by atoms with Crippen molar-refractivity contribution in [1.29, 1.82) is 0 Å². The Bertz CT molecular complexity index is 395. The van der Waals surface area contributed by atoms with Gasteiger partial charge in [-0.05, 0) is 38.5 Å². The SMILES string of the molecule is Cc1nc(NC2CCC(C)CC2)cc(N(C)C)n1. The predicted molar refractivity (Wildman–Crippen MR) is 76.1 cm³/mol. The van der Waals surface area contributed by atoms with Crippen molar-refractivity contribution in [3.05, 3.63) is 11.9 Å². The van der Waals surface area contributed by atoms with Gasteiger partial charge in [0.15, 0.2) is 0 Å².